The molecule has 0 bridgehead atoms. The number of aryl methyl sites for hydroxylation is 1. The van der Waals surface area contributed by atoms with Crippen LogP contribution in [0, 0.1) is 18.3 Å². The number of ether oxygens (including phenoxy) is 2. The van der Waals surface area contributed by atoms with Gasteiger partial charge in [0, 0.05) is 16.8 Å². The lowest BCUT2D eigenvalue weighted by Crippen LogP contribution is -2.13. The molecule has 0 saturated carbocycles. The van der Waals surface area contributed by atoms with Crippen LogP contribution in [0.5, 0.6) is 11.5 Å². The molecule has 0 unspecified atom stereocenters. The van der Waals surface area contributed by atoms with Crippen LogP contribution in [0.25, 0.3) is 11.1 Å². The van der Waals surface area contributed by atoms with E-state index in [0.717, 1.165) is 5.56 Å². The predicted octanol–water partition coefficient (Wildman–Crippen LogP) is 3.52. The summed E-state index contributed by atoms with van der Waals surface area (Å²) >= 11 is 0. The third-order valence-electron chi connectivity index (χ3n) is 3.65. The van der Waals surface area contributed by atoms with Gasteiger partial charge in [0.2, 0.25) is 0 Å². The summed E-state index contributed by atoms with van der Waals surface area (Å²) in [5.41, 5.74) is 2.46. The maximum Gasteiger partial charge on any atom is 0.266 e. The molecule has 0 fully saturated rings. The Morgan fingerprint density at radius 3 is 2.64 bits per heavy atom. The van der Waals surface area contributed by atoms with Gasteiger partial charge in [0.05, 0.1) is 7.11 Å². The van der Waals surface area contributed by atoms with Gasteiger partial charge >= 0.3 is 0 Å². The summed E-state index contributed by atoms with van der Waals surface area (Å²) in [6.45, 7) is 9.54. The van der Waals surface area contributed by atoms with Crippen LogP contribution >= 0.6 is 0 Å². The Hall–Kier alpha value is -3.26. The normalized spacial score (nSPS) is 9.96. The van der Waals surface area contributed by atoms with Gasteiger partial charge in [0.25, 0.3) is 5.56 Å². The fraction of sp³-hybridized carbons (Fsp3) is 0.200. The first kappa shape index (κ1) is 18.1. The van der Waals surface area contributed by atoms with Crippen molar-refractivity contribution >= 4 is 0 Å². The third-order valence-corrected chi connectivity index (χ3v) is 3.65. The molecule has 1 aromatic heterocycles. The van der Waals surface area contributed by atoms with Crippen LogP contribution < -0.4 is 15.0 Å². The van der Waals surface area contributed by atoms with Crippen LogP contribution in [0.3, 0.4) is 0 Å². The Labute approximate surface area is 146 Å². The van der Waals surface area contributed by atoms with E-state index in [4.69, 9.17) is 9.47 Å². The molecule has 0 aliphatic carbocycles. The molecule has 0 aliphatic rings. The third kappa shape index (κ3) is 3.81. The van der Waals surface area contributed by atoms with Crippen molar-refractivity contribution < 1.29 is 9.47 Å². The van der Waals surface area contributed by atoms with Crippen molar-refractivity contribution in [1.82, 2.24) is 4.98 Å². The molecule has 0 amide bonds. The molecule has 2 rings (SSSR count). The van der Waals surface area contributed by atoms with E-state index in [1.807, 2.05) is 12.1 Å². The molecular formula is C20H20N2O3. The lowest BCUT2D eigenvalue weighted by atomic mass is 9.97. The first-order chi connectivity index (χ1) is 12.0. The molecule has 0 aliphatic heterocycles. The first-order valence-electron chi connectivity index (χ1n) is 7.75. The highest BCUT2D eigenvalue weighted by Crippen LogP contribution is 2.37. The molecule has 1 heterocycles. The highest BCUT2D eigenvalue weighted by atomic mass is 16.5. The lowest BCUT2D eigenvalue weighted by Gasteiger charge is -2.16. The van der Waals surface area contributed by atoms with E-state index < -0.39 is 5.56 Å². The molecule has 2 aromatic rings. The molecular weight excluding hydrogens is 316 g/mol. The number of H-pyrrole nitrogens is 1. The highest BCUT2D eigenvalue weighted by Gasteiger charge is 2.17. The number of allylic oxidation sites excluding steroid dienone is 1. The number of nitriles is 1. The summed E-state index contributed by atoms with van der Waals surface area (Å²) < 4.78 is 11.2. The highest BCUT2D eigenvalue weighted by molar-refractivity contribution is 5.74. The molecule has 0 saturated heterocycles. The minimum Gasteiger partial charge on any atom is -0.493 e. The van der Waals surface area contributed by atoms with Crippen LogP contribution in [0.2, 0.25) is 0 Å². The Morgan fingerprint density at radius 2 is 2.04 bits per heavy atom. The van der Waals surface area contributed by atoms with E-state index in [1.54, 1.807) is 38.3 Å². The summed E-state index contributed by atoms with van der Waals surface area (Å²) in [5, 5.41) is 9.37. The number of aromatic amines is 1. The van der Waals surface area contributed by atoms with Crippen LogP contribution in [-0.4, -0.2) is 18.7 Å². The molecule has 5 heteroatoms. The maximum absolute atomic E-state index is 12.1. The zero-order chi connectivity index (χ0) is 18.4. The number of methoxy groups -OCH3 is 1. The number of nitrogens with one attached hydrogen (secondary N) is 1. The van der Waals surface area contributed by atoms with Gasteiger partial charge in [-0.05, 0) is 37.1 Å². The van der Waals surface area contributed by atoms with Gasteiger partial charge in [-0.3, -0.25) is 4.79 Å². The SMILES string of the molecule is C=CCOc1c(CC=C)cc(-c2cc(C)[nH]c(=O)c2C#N)cc1OC. The fourth-order valence-electron chi connectivity index (χ4n) is 2.61. The number of aromatic nitrogens is 1. The molecule has 0 radical (unpaired) electrons. The van der Waals surface area contributed by atoms with Crippen LogP contribution in [0.15, 0.2) is 48.3 Å². The molecule has 1 aromatic carbocycles. The van der Waals surface area contributed by atoms with Crippen molar-refractivity contribution in [3.63, 3.8) is 0 Å². The Kier molecular flexibility index (Phi) is 5.80. The van der Waals surface area contributed by atoms with Crippen molar-refractivity contribution in [3.05, 3.63) is 70.7 Å². The second-order valence-electron chi connectivity index (χ2n) is 5.44. The summed E-state index contributed by atoms with van der Waals surface area (Å²) in [6, 6.07) is 7.40. The summed E-state index contributed by atoms with van der Waals surface area (Å²) in [5.74, 6) is 1.13. The van der Waals surface area contributed by atoms with Gasteiger partial charge < -0.3 is 14.5 Å². The number of benzene rings is 1. The Balaban J connectivity index is 2.74. The first-order valence-corrected chi connectivity index (χ1v) is 7.75. The smallest absolute Gasteiger partial charge is 0.266 e. The number of pyridine rings is 1. The van der Waals surface area contributed by atoms with Gasteiger partial charge in [-0.1, -0.05) is 18.7 Å². The van der Waals surface area contributed by atoms with E-state index in [2.05, 4.69) is 18.1 Å². The monoisotopic (exact) mass is 336 g/mol. The largest absolute Gasteiger partial charge is 0.493 e. The van der Waals surface area contributed by atoms with Crippen molar-refractivity contribution in [2.75, 3.05) is 13.7 Å². The zero-order valence-electron chi connectivity index (χ0n) is 14.4. The van der Waals surface area contributed by atoms with Gasteiger partial charge in [0.1, 0.15) is 18.2 Å². The molecule has 1 N–H and O–H groups in total. The van der Waals surface area contributed by atoms with Crippen molar-refractivity contribution in [1.29, 1.82) is 5.26 Å². The lowest BCUT2D eigenvalue weighted by molar-refractivity contribution is 0.324. The van der Waals surface area contributed by atoms with E-state index in [1.165, 1.54) is 0 Å². The van der Waals surface area contributed by atoms with E-state index >= 15 is 0 Å². The van der Waals surface area contributed by atoms with E-state index in [-0.39, 0.29) is 5.56 Å². The van der Waals surface area contributed by atoms with Crippen molar-refractivity contribution in [2.24, 2.45) is 0 Å². The van der Waals surface area contributed by atoms with E-state index in [0.29, 0.717) is 41.3 Å². The number of nitrogens with zero attached hydrogens (tertiary/aromatic N) is 1. The van der Waals surface area contributed by atoms with Crippen LogP contribution in [0.1, 0.15) is 16.8 Å². The molecule has 128 valence electrons. The molecule has 0 atom stereocenters. The van der Waals surface area contributed by atoms with Crippen molar-refractivity contribution in [3.8, 4) is 28.7 Å². The van der Waals surface area contributed by atoms with E-state index in [9.17, 15) is 10.1 Å². The number of hydrogen-bond donors (Lipinski definition) is 1. The minimum atomic E-state index is -0.409. The topological polar surface area (TPSA) is 75.1 Å². The quantitative estimate of drug-likeness (QED) is 0.785. The zero-order valence-corrected chi connectivity index (χ0v) is 14.4. The average molecular weight is 336 g/mol. The molecule has 0 spiro atoms. The van der Waals surface area contributed by atoms with Gasteiger partial charge in [-0.15, -0.1) is 6.58 Å². The summed E-state index contributed by atoms with van der Waals surface area (Å²) in [7, 11) is 1.55. The summed E-state index contributed by atoms with van der Waals surface area (Å²) in [4.78, 5) is 14.7. The van der Waals surface area contributed by atoms with Gasteiger partial charge in [0.15, 0.2) is 11.5 Å². The standard InChI is InChI=1S/C20H20N2O3/c1-5-7-14-10-15(11-18(24-4)19(14)25-8-6-2)16-9-13(3)22-20(23)17(16)12-21/h5-6,9-11H,1-2,7-8H2,3-4H3,(H,22,23). The van der Waals surface area contributed by atoms with Gasteiger partial charge in [-0.25, -0.2) is 0 Å². The van der Waals surface area contributed by atoms with Crippen LogP contribution in [0.4, 0.5) is 0 Å². The fourth-order valence-corrected chi connectivity index (χ4v) is 2.61. The van der Waals surface area contributed by atoms with Crippen LogP contribution in [-0.2, 0) is 6.42 Å². The average Bonchev–Trinajstić information content (AvgIpc) is 2.59. The maximum atomic E-state index is 12.1. The Morgan fingerprint density at radius 1 is 1.28 bits per heavy atom. The number of rotatable bonds is 7. The second kappa shape index (κ2) is 8.02. The number of hydrogen-bond acceptors (Lipinski definition) is 4. The Bertz CT molecular complexity index is 904. The van der Waals surface area contributed by atoms with Crippen molar-refractivity contribution in [2.45, 2.75) is 13.3 Å². The minimum absolute atomic E-state index is 0.0666. The molecule has 5 nitrogen and oxygen atoms in total. The predicted molar refractivity (Wildman–Crippen MR) is 98.1 cm³/mol. The summed E-state index contributed by atoms with van der Waals surface area (Å²) in [6.07, 6.45) is 3.97. The van der Waals surface area contributed by atoms with Gasteiger partial charge in [-0.2, -0.15) is 5.26 Å². The second-order valence-corrected chi connectivity index (χ2v) is 5.44. The molecule has 25 heavy (non-hydrogen) atoms.